The number of fused-ring (bicyclic) bond motifs is 1. The van der Waals surface area contributed by atoms with E-state index in [1.54, 1.807) is 7.11 Å². The number of carbonyl (C=O) groups is 1. The minimum Gasteiger partial charge on any atom is -0.497 e. The van der Waals surface area contributed by atoms with Gasteiger partial charge in [-0.2, -0.15) is 0 Å². The van der Waals surface area contributed by atoms with Gasteiger partial charge in [0, 0.05) is 17.7 Å². The number of allylic oxidation sites excluding steroid dienone is 1. The summed E-state index contributed by atoms with van der Waals surface area (Å²) in [5, 5.41) is 7.22. The highest BCUT2D eigenvalue weighted by Crippen LogP contribution is 2.44. The molecule has 0 unspecified atom stereocenters. The van der Waals surface area contributed by atoms with Crippen molar-refractivity contribution in [3.63, 3.8) is 0 Å². The maximum Gasteiger partial charge on any atom is 0.163 e. The van der Waals surface area contributed by atoms with Gasteiger partial charge in [-0.05, 0) is 66.8 Å². The van der Waals surface area contributed by atoms with Gasteiger partial charge in [0.1, 0.15) is 11.5 Å². The molecule has 0 bridgehead atoms. The topological polar surface area (TPSA) is 59.6 Å². The Morgan fingerprint density at radius 1 is 0.848 bits per heavy atom. The molecule has 1 aliphatic carbocycles. The van der Waals surface area contributed by atoms with E-state index in [2.05, 4.69) is 28.8 Å². The summed E-state index contributed by atoms with van der Waals surface area (Å²) in [5.41, 5.74) is 5.98. The lowest BCUT2D eigenvalue weighted by molar-refractivity contribution is -0.116. The van der Waals surface area contributed by atoms with Crippen LogP contribution in [0.1, 0.15) is 42.9 Å². The zero-order valence-electron chi connectivity index (χ0n) is 18.9. The van der Waals surface area contributed by atoms with Gasteiger partial charge in [0.05, 0.1) is 31.1 Å². The first-order chi connectivity index (χ1) is 16.2. The summed E-state index contributed by atoms with van der Waals surface area (Å²) in [6.45, 7) is 2.60. The summed E-state index contributed by atoms with van der Waals surface area (Å²) in [4.78, 5) is 13.6. The molecule has 2 N–H and O–H groups in total. The third-order valence-electron chi connectivity index (χ3n) is 6.42. The van der Waals surface area contributed by atoms with Gasteiger partial charge in [0.25, 0.3) is 0 Å². The Hall–Kier alpha value is -3.73. The number of ketones is 1. The van der Waals surface area contributed by atoms with Crippen molar-refractivity contribution < 1.29 is 14.3 Å². The number of carbonyl (C=O) groups excluding carboxylic acids is 1. The molecule has 0 spiro atoms. The SMILES string of the molecule is CCOc1ccc([C@H]2Nc3ccccc3NC3=C2C(=O)C[C@H](c2ccc(OC)cc2)C3)cc1. The third-order valence-corrected chi connectivity index (χ3v) is 6.42. The van der Waals surface area contributed by atoms with Crippen LogP contribution in [0.5, 0.6) is 11.5 Å². The Labute approximate surface area is 194 Å². The molecular formula is C28H28N2O3. The maximum absolute atomic E-state index is 13.6. The van der Waals surface area contributed by atoms with E-state index in [1.165, 1.54) is 0 Å². The number of para-hydroxylation sites is 2. The molecule has 0 amide bonds. The van der Waals surface area contributed by atoms with Crippen LogP contribution in [0.2, 0.25) is 0 Å². The Morgan fingerprint density at radius 3 is 2.21 bits per heavy atom. The van der Waals surface area contributed by atoms with E-state index in [0.717, 1.165) is 51.7 Å². The summed E-state index contributed by atoms with van der Waals surface area (Å²) < 4.78 is 10.9. The number of methoxy groups -OCH3 is 1. The first kappa shape index (κ1) is 21.1. The monoisotopic (exact) mass is 440 g/mol. The summed E-state index contributed by atoms with van der Waals surface area (Å²) in [7, 11) is 1.66. The number of ether oxygens (including phenoxy) is 2. The van der Waals surface area contributed by atoms with E-state index in [4.69, 9.17) is 9.47 Å². The van der Waals surface area contributed by atoms with Crippen LogP contribution in [0, 0.1) is 0 Å². The molecule has 5 heteroatoms. The first-order valence-electron chi connectivity index (χ1n) is 11.4. The van der Waals surface area contributed by atoms with Crippen molar-refractivity contribution in [2.24, 2.45) is 0 Å². The van der Waals surface area contributed by atoms with E-state index in [1.807, 2.05) is 61.5 Å². The fraction of sp³-hybridized carbons (Fsp3) is 0.250. The highest BCUT2D eigenvalue weighted by atomic mass is 16.5. The van der Waals surface area contributed by atoms with Gasteiger partial charge < -0.3 is 20.1 Å². The molecule has 0 saturated heterocycles. The van der Waals surface area contributed by atoms with Gasteiger partial charge in [0.15, 0.2) is 5.78 Å². The summed E-state index contributed by atoms with van der Waals surface area (Å²) in [6.07, 6.45) is 1.26. The molecule has 3 aromatic carbocycles. The molecule has 0 fully saturated rings. The van der Waals surface area contributed by atoms with Crippen molar-refractivity contribution in [1.82, 2.24) is 0 Å². The van der Waals surface area contributed by atoms with E-state index in [0.29, 0.717) is 13.0 Å². The zero-order valence-corrected chi connectivity index (χ0v) is 18.9. The van der Waals surface area contributed by atoms with Crippen molar-refractivity contribution in [2.75, 3.05) is 24.4 Å². The summed E-state index contributed by atoms with van der Waals surface area (Å²) in [5.74, 6) is 1.95. The Morgan fingerprint density at radius 2 is 1.52 bits per heavy atom. The average Bonchev–Trinajstić information content (AvgIpc) is 3.02. The number of rotatable bonds is 5. The van der Waals surface area contributed by atoms with Gasteiger partial charge in [-0.3, -0.25) is 4.79 Å². The van der Waals surface area contributed by atoms with Crippen molar-refractivity contribution in [2.45, 2.75) is 31.7 Å². The Balaban J connectivity index is 1.54. The molecule has 0 radical (unpaired) electrons. The molecule has 5 rings (SSSR count). The summed E-state index contributed by atoms with van der Waals surface area (Å²) >= 11 is 0. The zero-order chi connectivity index (χ0) is 22.8. The number of hydrogen-bond acceptors (Lipinski definition) is 5. The van der Waals surface area contributed by atoms with Crippen LogP contribution >= 0.6 is 0 Å². The van der Waals surface area contributed by atoms with Crippen molar-refractivity contribution in [1.29, 1.82) is 0 Å². The lowest BCUT2D eigenvalue weighted by atomic mass is 9.78. The van der Waals surface area contributed by atoms with Crippen LogP contribution in [0.25, 0.3) is 0 Å². The molecule has 1 aliphatic heterocycles. The van der Waals surface area contributed by atoms with Crippen molar-refractivity contribution in [3.05, 3.63) is 95.2 Å². The molecule has 0 saturated carbocycles. The van der Waals surface area contributed by atoms with Crippen LogP contribution < -0.4 is 20.1 Å². The standard InChI is InChI=1S/C28H28N2O3/c1-3-33-22-14-10-19(11-15-22)28-27-25(29-23-6-4-5-7-24(23)30-28)16-20(17-26(27)31)18-8-12-21(32-2)13-9-18/h4-15,20,28-30H,3,16-17H2,1-2H3/t20-,28-/m1/s1. The van der Waals surface area contributed by atoms with Crippen molar-refractivity contribution >= 4 is 17.2 Å². The fourth-order valence-corrected chi connectivity index (χ4v) is 4.78. The molecule has 168 valence electrons. The van der Waals surface area contributed by atoms with E-state index in [9.17, 15) is 4.79 Å². The quantitative estimate of drug-likeness (QED) is 0.504. The lowest BCUT2D eigenvalue weighted by Gasteiger charge is -2.30. The number of benzene rings is 3. The smallest absolute Gasteiger partial charge is 0.163 e. The van der Waals surface area contributed by atoms with Gasteiger partial charge >= 0.3 is 0 Å². The number of Topliss-reactive ketones (excluding diaryl/α,β-unsaturated/α-hetero) is 1. The number of hydrogen-bond donors (Lipinski definition) is 2. The number of nitrogens with one attached hydrogen (secondary N) is 2. The predicted octanol–water partition coefficient (Wildman–Crippen LogP) is 6.07. The minimum absolute atomic E-state index is 0.126. The Kier molecular flexibility index (Phi) is 5.78. The van der Waals surface area contributed by atoms with Crippen LogP contribution in [0.4, 0.5) is 11.4 Å². The second-order valence-corrected chi connectivity index (χ2v) is 8.44. The highest BCUT2D eigenvalue weighted by Gasteiger charge is 2.36. The molecule has 2 atom stereocenters. The van der Waals surface area contributed by atoms with Crippen LogP contribution in [0.3, 0.4) is 0 Å². The molecule has 33 heavy (non-hydrogen) atoms. The van der Waals surface area contributed by atoms with Gasteiger partial charge in [0.2, 0.25) is 0 Å². The molecule has 0 aromatic heterocycles. The van der Waals surface area contributed by atoms with Crippen LogP contribution in [-0.4, -0.2) is 19.5 Å². The average molecular weight is 441 g/mol. The van der Waals surface area contributed by atoms with Crippen molar-refractivity contribution in [3.8, 4) is 11.5 Å². The second kappa shape index (κ2) is 9.02. The van der Waals surface area contributed by atoms with Gasteiger partial charge in [-0.1, -0.05) is 36.4 Å². The van der Waals surface area contributed by atoms with Crippen LogP contribution in [-0.2, 0) is 4.79 Å². The van der Waals surface area contributed by atoms with Gasteiger partial charge in [-0.25, -0.2) is 0 Å². The fourth-order valence-electron chi connectivity index (χ4n) is 4.78. The number of anilines is 2. The maximum atomic E-state index is 13.6. The van der Waals surface area contributed by atoms with Crippen LogP contribution in [0.15, 0.2) is 84.1 Å². The molecule has 1 heterocycles. The molecule has 2 aliphatic rings. The second-order valence-electron chi connectivity index (χ2n) is 8.44. The molecule has 3 aromatic rings. The first-order valence-corrected chi connectivity index (χ1v) is 11.4. The molecule has 5 nitrogen and oxygen atoms in total. The normalized spacial score (nSPS) is 19.5. The molecular weight excluding hydrogens is 412 g/mol. The Bertz CT molecular complexity index is 1180. The predicted molar refractivity (Wildman–Crippen MR) is 131 cm³/mol. The third kappa shape index (κ3) is 4.19. The summed E-state index contributed by atoms with van der Waals surface area (Å²) in [6, 6.07) is 24.0. The van der Waals surface area contributed by atoms with E-state index >= 15 is 0 Å². The largest absolute Gasteiger partial charge is 0.497 e. The van der Waals surface area contributed by atoms with E-state index in [-0.39, 0.29) is 17.7 Å². The van der Waals surface area contributed by atoms with E-state index < -0.39 is 0 Å². The van der Waals surface area contributed by atoms with Gasteiger partial charge in [-0.15, -0.1) is 0 Å². The lowest BCUT2D eigenvalue weighted by Crippen LogP contribution is -2.26. The highest BCUT2D eigenvalue weighted by molar-refractivity contribution is 6.01. The minimum atomic E-state index is -0.226.